The van der Waals surface area contributed by atoms with Crippen LogP contribution in [0.3, 0.4) is 0 Å². The van der Waals surface area contributed by atoms with Gasteiger partial charge in [0.05, 0.1) is 23.1 Å². The topological polar surface area (TPSA) is 219 Å². The lowest BCUT2D eigenvalue weighted by Gasteiger charge is -2.53. The molecule has 0 spiro atoms. The van der Waals surface area contributed by atoms with E-state index in [0.717, 1.165) is 0 Å². The molecule has 1 unspecified atom stereocenters. The fourth-order valence-electron chi connectivity index (χ4n) is 7.09. The number of phenolic OH excluding ortho intramolecular Hbond substituents is 1. The molecule has 0 heterocycles. The van der Waals surface area contributed by atoms with E-state index >= 15 is 0 Å². The number of benzene rings is 1. The first-order chi connectivity index (χ1) is 20.1. The standard InChI is InChI=1S/C31H40N2O10/c1-30(42)16-10-7-12-19(34)21(16)25(36)22-17(30)14-18-24(33(2)3)26(37)23(28(39)31(18,43)27(22)38)20(35)11-6-9-15(29(40)41)8-4-5-13-32/h7,10,12,15,17-18,24,34,36,39,42-43H,4-6,8-9,11,13-14,32H2,1-3H3,(H,40,41)/t15?,17-,18-,24-,30+,31-/m0/s1. The summed E-state index contributed by atoms with van der Waals surface area (Å²) in [7, 11) is 3.04. The lowest BCUT2D eigenvalue weighted by atomic mass is 9.54. The van der Waals surface area contributed by atoms with Gasteiger partial charge in [0.1, 0.15) is 22.8 Å². The molecular weight excluding hydrogens is 560 g/mol. The van der Waals surface area contributed by atoms with Gasteiger partial charge in [0.15, 0.2) is 17.2 Å². The summed E-state index contributed by atoms with van der Waals surface area (Å²) in [6, 6.07) is 2.97. The smallest absolute Gasteiger partial charge is 0.306 e. The molecule has 0 saturated heterocycles. The number of Topliss-reactive ketones (excluding diaryl/α,β-unsaturated/α-hetero) is 3. The van der Waals surface area contributed by atoms with E-state index in [0.29, 0.717) is 25.8 Å². The van der Waals surface area contributed by atoms with Crippen LogP contribution in [0.15, 0.2) is 35.1 Å². The van der Waals surface area contributed by atoms with E-state index in [2.05, 4.69) is 0 Å². The monoisotopic (exact) mass is 600 g/mol. The molecule has 3 aliphatic carbocycles. The maximum atomic E-state index is 14.1. The lowest BCUT2D eigenvalue weighted by Crippen LogP contribution is -2.66. The fraction of sp³-hybridized carbons (Fsp3) is 0.548. The van der Waals surface area contributed by atoms with Gasteiger partial charge >= 0.3 is 5.97 Å². The zero-order chi connectivity index (χ0) is 32.0. The van der Waals surface area contributed by atoms with E-state index in [9.17, 15) is 49.8 Å². The Labute approximate surface area is 249 Å². The Kier molecular flexibility index (Phi) is 8.90. The van der Waals surface area contributed by atoms with Crippen molar-refractivity contribution in [2.24, 2.45) is 23.5 Å². The SMILES string of the molecule is CN(C)[C@@H]1C(=O)C(C(=O)CCCC(CCCCN)C(=O)O)=C(O)[C@@]2(O)C(=O)C3=C(O)c4c(O)cccc4[C@@](C)(O)[C@H]3C[C@@H]12. The molecule has 6 atom stereocenters. The summed E-state index contributed by atoms with van der Waals surface area (Å²) in [5.74, 6) is -9.22. The quantitative estimate of drug-likeness (QED) is 0.143. The number of unbranched alkanes of at least 4 members (excludes halogenated alkanes) is 1. The molecule has 234 valence electrons. The molecule has 0 amide bonds. The molecule has 1 fully saturated rings. The van der Waals surface area contributed by atoms with Gasteiger partial charge in [-0.25, -0.2) is 0 Å². The van der Waals surface area contributed by atoms with Crippen LogP contribution < -0.4 is 5.73 Å². The number of carboxylic acids is 1. The van der Waals surface area contributed by atoms with Crippen LogP contribution in [0.1, 0.15) is 63.0 Å². The third-order valence-electron chi connectivity index (χ3n) is 9.37. The number of aliphatic hydroxyl groups excluding tert-OH is 2. The van der Waals surface area contributed by atoms with Gasteiger partial charge in [0.2, 0.25) is 5.78 Å². The molecule has 1 saturated carbocycles. The molecule has 1 aromatic carbocycles. The summed E-state index contributed by atoms with van der Waals surface area (Å²) in [4.78, 5) is 54.4. The Balaban J connectivity index is 1.75. The molecule has 12 heteroatoms. The van der Waals surface area contributed by atoms with Crippen molar-refractivity contribution < 1.29 is 49.8 Å². The van der Waals surface area contributed by atoms with E-state index < -0.39 is 86.7 Å². The number of fused-ring (bicyclic) bond motifs is 3. The highest BCUT2D eigenvalue weighted by molar-refractivity contribution is 6.25. The third-order valence-corrected chi connectivity index (χ3v) is 9.37. The highest BCUT2D eigenvalue weighted by Gasteiger charge is 2.66. The van der Waals surface area contributed by atoms with Gasteiger partial charge in [-0.15, -0.1) is 0 Å². The second-order valence-corrected chi connectivity index (χ2v) is 12.2. The molecule has 12 nitrogen and oxygen atoms in total. The number of carbonyl (C=O) groups is 4. The average Bonchev–Trinajstić information content (AvgIpc) is 2.92. The Hall–Kier alpha value is -3.58. The highest BCUT2D eigenvalue weighted by Crippen LogP contribution is 2.57. The van der Waals surface area contributed by atoms with Crippen LogP contribution in [0.5, 0.6) is 5.75 Å². The Morgan fingerprint density at radius 3 is 2.33 bits per heavy atom. The van der Waals surface area contributed by atoms with Crippen molar-refractivity contribution in [2.75, 3.05) is 20.6 Å². The minimum Gasteiger partial charge on any atom is -0.508 e. The second-order valence-electron chi connectivity index (χ2n) is 12.2. The molecule has 4 rings (SSSR count). The van der Waals surface area contributed by atoms with Crippen molar-refractivity contribution in [1.29, 1.82) is 0 Å². The van der Waals surface area contributed by atoms with E-state index in [1.54, 1.807) is 0 Å². The molecule has 1 aromatic rings. The Bertz CT molecular complexity index is 1410. The van der Waals surface area contributed by atoms with Crippen molar-refractivity contribution in [3.8, 4) is 5.75 Å². The maximum Gasteiger partial charge on any atom is 0.306 e. The van der Waals surface area contributed by atoms with Crippen molar-refractivity contribution >= 4 is 29.1 Å². The number of hydrogen-bond acceptors (Lipinski definition) is 11. The summed E-state index contributed by atoms with van der Waals surface area (Å²) in [5, 5.41) is 66.2. The number of nitrogens with zero attached hydrogens (tertiary/aromatic N) is 1. The first-order valence-corrected chi connectivity index (χ1v) is 14.5. The Morgan fingerprint density at radius 2 is 1.72 bits per heavy atom. The van der Waals surface area contributed by atoms with Gasteiger partial charge in [-0.1, -0.05) is 18.6 Å². The summed E-state index contributed by atoms with van der Waals surface area (Å²) in [6.07, 6.45) is 1.31. The van der Waals surface area contributed by atoms with Crippen molar-refractivity contribution in [3.05, 3.63) is 46.2 Å². The number of ketones is 3. The van der Waals surface area contributed by atoms with Crippen molar-refractivity contribution in [2.45, 2.75) is 69.1 Å². The molecule has 0 aliphatic heterocycles. The largest absolute Gasteiger partial charge is 0.508 e. The van der Waals surface area contributed by atoms with Crippen LogP contribution in [-0.4, -0.2) is 91.1 Å². The third kappa shape index (κ3) is 5.16. The molecule has 0 bridgehead atoms. The van der Waals surface area contributed by atoms with Gasteiger partial charge in [0.25, 0.3) is 0 Å². The molecule has 43 heavy (non-hydrogen) atoms. The molecular formula is C31H40N2O10. The van der Waals surface area contributed by atoms with Gasteiger partial charge in [0, 0.05) is 23.8 Å². The van der Waals surface area contributed by atoms with Crippen LogP contribution in [0, 0.1) is 17.8 Å². The van der Waals surface area contributed by atoms with Crippen molar-refractivity contribution in [3.63, 3.8) is 0 Å². The number of rotatable bonds is 11. The molecule has 8 N–H and O–H groups in total. The molecule has 3 aliphatic rings. The first-order valence-electron chi connectivity index (χ1n) is 14.5. The van der Waals surface area contributed by atoms with Crippen molar-refractivity contribution in [1.82, 2.24) is 4.90 Å². The summed E-state index contributed by atoms with van der Waals surface area (Å²) < 4.78 is 0. The minimum atomic E-state index is -2.79. The first kappa shape index (κ1) is 32.3. The van der Waals surface area contributed by atoms with E-state index in [-0.39, 0.29) is 36.8 Å². The number of phenols is 1. The summed E-state index contributed by atoms with van der Waals surface area (Å²) in [6.45, 7) is 1.83. The highest BCUT2D eigenvalue weighted by atomic mass is 16.4. The van der Waals surface area contributed by atoms with Gasteiger partial charge in [-0.3, -0.25) is 24.1 Å². The number of aliphatic carboxylic acids is 1. The second kappa shape index (κ2) is 11.8. The fourth-order valence-corrected chi connectivity index (χ4v) is 7.09. The number of aliphatic hydroxyl groups is 4. The zero-order valence-electron chi connectivity index (χ0n) is 24.5. The maximum absolute atomic E-state index is 14.1. The van der Waals surface area contributed by atoms with Crippen LogP contribution in [0.4, 0.5) is 0 Å². The zero-order valence-corrected chi connectivity index (χ0v) is 24.5. The van der Waals surface area contributed by atoms with Gasteiger partial charge < -0.3 is 36.4 Å². The number of hydrogen-bond donors (Lipinski definition) is 7. The minimum absolute atomic E-state index is 0.0812. The molecule has 0 radical (unpaired) electrons. The lowest BCUT2D eigenvalue weighted by molar-refractivity contribution is -0.159. The summed E-state index contributed by atoms with van der Waals surface area (Å²) in [5.41, 5.74) is -0.334. The summed E-state index contributed by atoms with van der Waals surface area (Å²) >= 11 is 0. The predicted molar refractivity (Wildman–Crippen MR) is 154 cm³/mol. The van der Waals surface area contributed by atoms with Crippen LogP contribution in [-0.2, 0) is 24.8 Å². The normalized spacial score (nSPS) is 29.3. The van der Waals surface area contributed by atoms with Crippen LogP contribution >= 0.6 is 0 Å². The van der Waals surface area contributed by atoms with E-state index in [1.165, 1.54) is 44.1 Å². The number of aromatic hydroxyl groups is 1. The average molecular weight is 601 g/mol. The number of nitrogens with two attached hydrogens (primary N) is 1. The Morgan fingerprint density at radius 1 is 1.07 bits per heavy atom. The molecule has 0 aromatic heterocycles. The van der Waals surface area contributed by atoms with Gasteiger partial charge in [-0.05, 0) is 71.3 Å². The number of carbonyl (C=O) groups excluding carboxylic acids is 3. The van der Waals surface area contributed by atoms with Gasteiger partial charge in [-0.2, -0.15) is 0 Å². The van der Waals surface area contributed by atoms with E-state index in [1.807, 2.05) is 0 Å². The number of likely N-dealkylation sites (N-methyl/N-ethyl adjacent to an activating group) is 1. The van der Waals surface area contributed by atoms with E-state index in [4.69, 9.17) is 5.73 Å². The predicted octanol–water partition coefficient (Wildman–Crippen LogP) is 1.71. The number of carboxylic acid groups (broad SMARTS) is 1. The van der Waals surface area contributed by atoms with Crippen LogP contribution in [0.2, 0.25) is 0 Å². The van der Waals surface area contributed by atoms with Crippen LogP contribution in [0.25, 0.3) is 5.76 Å².